The molecular formula is C12H18ClN3O2S. The van der Waals surface area contributed by atoms with Gasteiger partial charge >= 0.3 is 0 Å². The highest BCUT2D eigenvalue weighted by Crippen LogP contribution is 2.22. The second-order valence-electron chi connectivity index (χ2n) is 4.63. The molecule has 0 amide bonds. The van der Waals surface area contributed by atoms with Gasteiger partial charge in [0.2, 0.25) is 10.0 Å². The van der Waals surface area contributed by atoms with Crippen LogP contribution in [0, 0.1) is 0 Å². The number of hydrogen-bond donors (Lipinski definition) is 2. The number of nitrogen functional groups attached to an aromatic ring is 1. The lowest BCUT2D eigenvalue weighted by Crippen LogP contribution is -2.33. The number of halogens is 1. The molecule has 0 radical (unpaired) electrons. The van der Waals surface area contributed by atoms with E-state index in [1.165, 1.54) is 25.0 Å². The average molecular weight is 304 g/mol. The number of likely N-dealkylation sites (tertiary alicyclic amines) is 1. The van der Waals surface area contributed by atoms with Crippen molar-refractivity contribution in [1.82, 2.24) is 9.62 Å². The normalized spacial score (nSPS) is 16.9. The van der Waals surface area contributed by atoms with Crippen molar-refractivity contribution in [3.05, 3.63) is 23.2 Å². The second-order valence-corrected chi connectivity index (χ2v) is 6.80. The number of sulfonamides is 1. The van der Waals surface area contributed by atoms with E-state index >= 15 is 0 Å². The first-order chi connectivity index (χ1) is 8.99. The van der Waals surface area contributed by atoms with Crippen LogP contribution in [0.1, 0.15) is 12.8 Å². The van der Waals surface area contributed by atoms with Crippen LogP contribution in [0.15, 0.2) is 23.1 Å². The predicted molar refractivity (Wildman–Crippen MR) is 76.7 cm³/mol. The van der Waals surface area contributed by atoms with E-state index in [9.17, 15) is 8.42 Å². The molecule has 2 rings (SSSR count). The molecule has 0 aliphatic carbocycles. The molecule has 19 heavy (non-hydrogen) atoms. The molecule has 1 aliphatic heterocycles. The maximum atomic E-state index is 12.1. The molecule has 1 aromatic carbocycles. The zero-order chi connectivity index (χ0) is 13.9. The minimum absolute atomic E-state index is 0.0430. The maximum absolute atomic E-state index is 12.1. The predicted octanol–water partition coefficient (Wildman–Crippen LogP) is 1.30. The van der Waals surface area contributed by atoms with Gasteiger partial charge in [-0.2, -0.15) is 0 Å². The van der Waals surface area contributed by atoms with Gasteiger partial charge < -0.3 is 10.6 Å². The summed E-state index contributed by atoms with van der Waals surface area (Å²) in [7, 11) is -3.59. The van der Waals surface area contributed by atoms with E-state index in [4.69, 9.17) is 17.3 Å². The van der Waals surface area contributed by atoms with Gasteiger partial charge in [-0.25, -0.2) is 13.1 Å². The third-order valence-corrected chi connectivity index (χ3v) is 4.94. The van der Waals surface area contributed by atoms with Crippen molar-refractivity contribution in [2.45, 2.75) is 17.7 Å². The highest BCUT2D eigenvalue weighted by molar-refractivity contribution is 7.89. The van der Waals surface area contributed by atoms with E-state index in [1.807, 2.05) is 0 Å². The molecule has 0 unspecified atom stereocenters. The molecular weight excluding hydrogens is 286 g/mol. The van der Waals surface area contributed by atoms with Gasteiger partial charge in [0.25, 0.3) is 0 Å². The molecule has 7 heteroatoms. The summed E-state index contributed by atoms with van der Waals surface area (Å²) in [6.45, 7) is 3.19. The number of rotatable bonds is 5. The van der Waals surface area contributed by atoms with Crippen LogP contribution in [0.4, 0.5) is 5.69 Å². The van der Waals surface area contributed by atoms with Gasteiger partial charge in [-0.15, -0.1) is 0 Å². The number of anilines is 1. The monoisotopic (exact) mass is 303 g/mol. The van der Waals surface area contributed by atoms with Crippen molar-refractivity contribution in [3.8, 4) is 0 Å². The van der Waals surface area contributed by atoms with Crippen LogP contribution in [0.3, 0.4) is 0 Å². The van der Waals surface area contributed by atoms with Crippen molar-refractivity contribution in [1.29, 1.82) is 0 Å². The van der Waals surface area contributed by atoms with Gasteiger partial charge in [-0.3, -0.25) is 0 Å². The second kappa shape index (κ2) is 6.09. The van der Waals surface area contributed by atoms with Gasteiger partial charge in [0, 0.05) is 18.1 Å². The van der Waals surface area contributed by atoms with E-state index in [0.29, 0.717) is 11.6 Å². The van der Waals surface area contributed by atoms with Crippen LogP contribution in [-0.4, -0.2) is 39.5 Å². The Morgan fingerprint density at radius 3 is 2.68 bits per heavy atom. The Balaban J connectivity index is 1.99. The van der Waals surface area contributed by atoms with Crippen LogP contribution in [0.25, 0.3) is 0 Å². The van der Waals surface area contributed by atoms with Crippen LogP contribution in [0.2, 0.25) is 5.02 Å². The lowest BCUT2D eigenvalue weighted by molar-refractivity contribution is 0.344. The summed E-state index contributed by atoms with van der Waals surface area (Å²) in [6, 6.07) is 4.44. The van der Waals surface area contributed by atoms with Gasteiger partial charge in [0.15, 0.2) is 0 Å². The molecule has 106 valence electrons. The molecule has 1 heterocycles. The smallest absolute Gasteiger partial charge is 0.242 e. The molecule has 0 spiro atoms. The van der Waals surface area contributed by atoms with Crippen LogP contribution in [-0.2, 0) is 10.0 Å². The van der Waals surface area contributed by atoms with E-state index in [0.717, 1.165) is 19.6 Å². The van der Waals surface area contributed by atoms with Crippen molar-refractivity contribution >= 4 is 27.3 Å². The Morgan fingerprint density at radius 2 is 2.00 bits per heavy atom. The molecule has 0 atom stereocenters. The summed E-state index contributed by atoms with van der Waals surface area (Å²) in [5, 5.41) is 0.356. The Kier molecular flexibility index (Phi) is 4.67. The summed E-state index contributed by atoms with van der Waals surface area (Å²) < 4.78 is 26.8. The quantitative estimate of drug-likeness (QED) is 0.804. The standard InChI is InChI=1S/C12H18ClN3O2S/c13-10-3-4-11(14)12(9-10)19(17,18)15-5-8-16-6-1-2-7-16/h3-4,9,15H,1-2,5-8,14H2. The molecule has 1 aromatic rings. The lowest BCUT2D eigenvalue weighted by Gasteiger charge is -2.15. The molecule has 3 N–H and O–H groups in total. The summed E-state index contributed by atoms with van der Waals surface area (Å²) in [5.41, 5.74) is 5.89. The molecule has 0 bridgehead atoms. The number of nitrogens with one attached hydrogen (secondary N) is 1. The van der Waals surface area contributed by atoms with Crippen LogP contribution < -0.4 is 10.5 Å². The fourth-order valence-electron chi connectivity index (χ4n) is 2.16. The average Bonchev–Trinajstić information content (AvgIpc) is 2.85. The summed E-state index contributed by atoms with van der Waals surface area (Å²) in [5.74, 6) is 0. The van der Waals surface area contributed by atoms with E-state index < -0.39 is 10.0 Å². The fourth-order valence-corrected chi connectivity index (χ4v) is 3.58. The number of nitrogens with zero attached hydrogens (tertiary/aromatic N) is 1. The summed E-state index contributed by atoms with van der Waals surface area (Å²) in [4.78, 5) is 2.28. The Bertz CT molecular complexity index is 542. The molecule has 1 saturated heterocycles. The molecule has 5 nitrogen and oxygen atoms in total. The summed E-state index contributed by atoms with van der Waals surface area (Å²) >= 11 is 5.80. The number of hydrogen-bond acceptors (Lipinski definition) is 4. The molecule has 0 aromatic heterocycles. The first kappa shape index (κ1) is 14.6. The van der Waals surface area contributed by atoms with Gasteiger partial charge in [0.05, 0.1) is 5.69 Å². The Hall–Kier alpha value is -0.820. The van der Waals surface area contributed by atoms with E-state index in [-0.39, 0.29) is 10.6 Å². The third-order valence-electron chi connectivity index (χ3n) is 3.18. The highest BCUT2D eigenvalue weighted by Gasteiger charge is 2.18. The number of nitrogens with two attached hydrogens (primary N) is 1. The molecule has 1 fully saturated rings. The largest absolute Gasteiger partial charge is 0.398 e. The van der Waals surface area contributed by atoms with Crippen LogP contribution in [0.5, 0.6) is 0 Å². The minimum atomic E-state index is -3.59. The molecule has 1 aliphatic rings. The molecule has 0 saturated carbocycles. The zero-order valence-corrected chi connectivity index (χ0v) is 12.2. The lowest BCUT2D eigenvalue weighted by atomic mass is 10.3. The Morgan fingerprint density at radius 1 is 1.32 bits per heavy atom. The fraction of sp³-hybridized carbons (Fsp3) is 0.500. The topological polar surface area (TPSA) is 75.4 Å². The van der Waals surface area contributed by atoms with Crippen LogP contribution >= 0.6 is 11.6 Å². The zero-order valence-electron chi connectivity index (χ0n) is 10.6. The van der Waals surface area contributed by atoms with E-state index in [2.05, 4.69) is 9.62 Å². The maximum Gasteiger partial charge on any atom is 0.242 e. The SMILES string of the molecule is Nc1ccc(Cl)cc1S(=O)(=O)NCCN1CCCC1. The number of benzene rings is 1. The summed E-state index contributed by atoms with van der Waals surface area (Å²) in [6.07, 6.45) is 2.38. The first-order valence-corrected chi connectivity index (χ1v) is 8.12. The van der Waals surface area contributed by atoms with Gasteiger partial charge in [-0.05, 0) is 44.1 Å². The Labute approximate surface area is 118 Å². The first-order valence-electron chi connectivity index (χ1n) is 6.26. The van der Waals surface area contributed by atoms with Crippen molar-refractivity contribution < 1.29 is 8.42 Å². The van der Waals surface area contributed by atoms with Gasteiger partial charge in [0.1, 0.15) is 4.90 Å². The van der Waals surface area contributed by atoms with Gasteiger partial charge in [-0.1, -0.05) is 11.6 Å². The van der Waals surface area contributed by atoms with Crippen molar-refractivity contribution in [2.75, 3.05) is 31.9 Å². The minimum Gasteiger partial charge on any atom is -0.398 e. The highest BCUT2D eigenvalue weighted by atomic mass is 35.5. The van der Waals surface area contributed by atoms with Crippen molar-refractivity contribution in [2.24, 2.45) is 0 Å². The third kappa shape index (κ3) is 3.82. The van der Waals surface area contributed by atoms with Crippen molar-refractivity contribution in [3.63, 3.8) is 0 Å². The van der Waals surface area contributed by atoms with E-state index in [1.54, 1.807) is 6.07 Å².